The Balaban J connectivity index is 2.08. The Morgan fingerprint density at radius 1 is 1.45 bits per heavy atom. The Labute approximate surface area is 116 Å². The topological polar surface area (TPSA) is 114 Å². The van der Waals surface area contributed by atoms with Gasteiger partial charge in [-0.25, -0.2) is 14.3 Å². The van der Waals surface area contributed by atoms with Crippen molar-refractivity contribution in [2.45, 2.75) is 31.1 Å². The van der Waals surface area contributed by atoms with Crippen molar-refractivity contribution >= 4 is 28.8 Å². The number of hydrogen-bond acceptors (Lipinski definition) is 7. The van der Waals surface area contributed by atoms with Crippen LogP contribution in [0.2, 0.25) is 0 Å². The fourth-order valence-electron chi connectivity index (χ4n) is 2.80. The van der Waals surface area contributed by atoms with Gasteiger partial charge in [0.2, 0.25) is 0 Å². The minimum atomic E-state index is -1.19. The third-order valence-electron chi connectivity index (χ3n) is 3.73. The van der Waals surface area contributed by atoms with Crippen LogP contribution in [0.15, 0.2) is 11.1 Å². The molecule has 0 amide bonds. The summed E-state index contributed by atoms with van der Waals surface area (Å²) >= 11 is 5.54. The van der Waals surface area contributed by atoms with Gasteiger partial charge in [0.05, 0.1) is 12.9 Å². The van der Waals surface area contributed by atoms with Crippen LogP contribution in [-0.4, -0.2) is 47.6 Å². The molecule has 4 atom stereocenters. The summed E-state index contributed by atoms with van der Waals surface area (Å²) in [4.78, 5) is 22.4. The second-order valence-corrected chi connectivity index (χ2v) is 5.01. The van der Waals surface area contributed by atoms with Crippen LogP contribution >= 0.6 is 11.8 Å². The van der Waals surface area contributed by atoms with E-state index in [1.165, 1.54) is 10.9 Å². The minimum Gasteiger partial charge on any atom is -0.387 e. The van der Waals surface area contributed by atoms with Crippen LogP contribution in [0.25, 0.3) is 11.2 Å². The van der Waals surface area contributed by atoms with Gasteiger partial charge in [-0.3, -0.25) is 4.84 Å². The first-order chi connectivity index (χ1) is 9.61. The SMILES string of the molecule is O=c1nc(NCl)c2ncn3c2n1C1OC(C3)C(O)C1O. The normalized spacial score (nSPS) is 31.6. The van der Waals surface area contributed by atoms with Gasteiger partial charge >= 0.3 is 5.69 Å². The molecule has 4 unspecified atom stereocenters. The van der Waals surface area contributed by atoms with Crippen molar-refractivity contribution in [3.63, 3.8) is 0 Å². The summed E-state index contributed by atoms with van der Waals surface area (Å²) in [5.41, 5.74) is 0.213. The Kier molecular flexibility index (Phi) is 2.37. The van der Waals surface area contributed by atoms with Crippen LogP contribution in [0.3, 0.4) is 0 Å². The molecule has 20 heavy (non-hydrogen) atoms. The Hall–Kier alpha value is -1.68. The molecule has 1 saturated heterocycles. The van der Waals surface area contributed by atoms with E-state index in [0.717, 1.165) is 0 Å². The Morgan fingerprint density at radius 3 is 3.00 bits per heavy atom. The molecule has 0 aromatic carbocycles. The number of hydrogen-bond donors (Lipinski definition) is 3. The molecular weight excluding hydrogens is 290 g/mol. The number of imidazole rings is 1. The minimum absolute atomic E-state index is 0.148. The molecule has 10 heteroatoms. The van der Waals surface area contributed by atoms with E-state index in [0.29, 0.717) is 11.2 Å². The molecule has 0 saturated carbocycles. The van der Waals surface area contributed by atoms with Crippen LogP contribution in [-0.2, 0) is 11.3 Å². The number of aliphatic hydroxyl groups excluding tert-OH is 2. The molecule has 9 nitrogen and oxygen atoms in total. The largest absolute Gasteiger partial charge is 0.387 e. The fourth-order valence-corrected chi connectivity index (χ4v) is 2.94. The number of aliphatic hydroxyl groups is 2. The molecule has 0 aliphatic carbocycles. The second-order valence-electron chi connectivity index (χ2n) is 4.82. The lowest BCUT2D eigenvalue weighted by Crippen LogP contribution is -2.38. The number of halogens is 1. The maximum Gasteiger partial charge on any atom is 0.353 e. The summed E-state index contributed by atoms with van der Waals surface area (Å²) < 4.78 is 8.43. The van der Waals surface area contributed by atoms with E-state index in [1.807, 2.05) is 0 Å². The van der Waals surface area contributed by atoms with Gasteiger partial charge in [-0.05, 0) is 0 Å². The molecule has 1 fully saturated rings. The number of anilines is 1. The van der Waals surface area contributed by atoms with Crippen molar-refractivity contribution in [3.8, 4) is 0 Å². The fraction of sp³-hybridized carbons (Fsp3) is 0.500. The Bertz CT molecular complexity index is 758. The van der Waals surface area contributed by atoms with E-state index < -0.39 is 30.2 Å². The summed E-state index contributed by atoms with van der Waals surface area (Å²) in [6.45, 7) is 0.274. The summed E-state index contributed by atoms with van der Waals surface area (Å²) in [6, 6.07) is 0. The highest BCUT2D eigenvalue weighted by Gasteiger charge is 2.47. The molecule has 0 radical (unpaired) electrons. The molecular formula is C10H10ClN5O4. The van der Waals surface area contributed by atoms with E-state index in [1.54, 1.807) is 4.57 Å². The molecule has 2 aliphatic heterocycles. The van der Waals surface area contributed by atoms with Gasteiger partial charge in [-0.2, -0.15) is 4.98 Å². The number of ether oxygens (including phenoxy) is 1. The average Bonchev–Trinajstić information content (AvgIpc) is 2.89. The van der Waals surface area contributed by atoms with Gasteiger partial charge in [-0.15, -0.1) is 0 Å². The number of nitrogens with zero attached hydrogens (tertiary/aromatic N) is 4. The van der Waals surface area contributed by atoms with E-state index in [4.69, 9.17) is 16.5 Å². The third kappa shape index (κ3) is 1.35. The monoisotopic (exact) mass is 299 g/mol. The molecule has 2 bridgehead atoms. The van der Waals surface area contributed by atoms with Gasteiger partial charge in [0.15, 0.2) is 17.7 Å². The van der Waals surface area contributed by atoms with E-state index in [-0.39, 0.29) is 12.4 Å². The number of fused-ring (bicyclic) bond motifs is 3. The van der Waals surface area contributed by atoms with Crippen molar-refractivity contribution in [3.05, 3.63) is 16.8 Å². The van der Waals surface area contributed by atoms with Crippen molar-refractivity contribution in [2.75, 3.05) is 4.84 Å². The lowest BCUT2D eigenvalue weighted by atomic mass is 10.1. The van der Waals surface area contributed by atoms with Crippen LogP contribution < -0.4 is 10.5 Å². The van der Waals surface area contributed by atoms with Crippen molar-refractivity contribution in [1.29, 1.82) is 0 Å². The van der Waals surface area contributed by atoms with Gasteiger partial charge in [0.25, 0.3) is 0 Å². The number of aromatic nitrogens is 4. The third-order valence-corrected chi connectivity index (χ3v) is 3.91. The highest BCUT2D eigenvalue weighted by molar-refractivity contribution is 6.25. The smallest absolute Gasteiger partial charge is 0.353 e. The summed E-state index contributed by atoms with van der Waals surface area (Å²) in [5, 5.41) is 19.9. The maximum absolute atomic E-state index is 12.2. The quantitative estimate of drug-likeness (QED) is 0.566. The summed E-state index contributed by atoms with van der Waals surface area (Å²) in [7, 11) is 0. The molecule has 0 spiro atoms. The highest BCUT2D eigenvalue weighted by atomic mass is 35.5. The summed E-state index contributed by atoms with van der Waals surface area (Å²) in [6.07, 6.45) is -2.34. The second kappa shape index (κ2) is 3.92. The molecule has 2 aromatic heterocycles. The zero-order valence-corrected chi connectivity index (χ0v) is 10.7. The van der Waals surface area contributed by atoms with Crippen LogP contribution in [0.5, 0.6) is 0 Å². The zero-order valence-electron chi connectivity index (χ0n) is 9.97. The van der Waals surface area contributed by atoms with Crippen LogP contribution in [0, 0.1) is 0 Å². The standard InChI is InChI=1S/C10H10ClN5O4/c11-14-7-4-8-15(2-12-4)1-3-5(17)6(18)9(20-3)16(8)10(19)13-7/h2-3,5-6,9,17-18H,1H2,(H,13,14,19). The van der Waals surface area contributed by atoms with Gasteiger partial charge in [-0.1, -0.05) is 0 Å². The molecule has 4 rings (SSSR count). The van der Waals surface area contributed by atoms with Gasteiger partial charge in [0.1, 0.15) is 23.8 Å². The lowest BCUT2D eigenvalue weighted by molar-refractivity contribution is -0.0352. The van der Waals surface area contributed by atoms with Crippen LogP contribution in [0.1, 0.15) is 6.23 Å². The summed E-state index contributed by atoms with van der Waals surface area (Å²) in [5.74, 6) is 0.148. The predicted molar refractivity (Wildman–Crippen MR) is 67.2 cm³/mol. The van der Waals surface area contributed by atoms with E-state index in [2.05, 4.69) is 14.8 Å². The van der Waals surface area contributed by atoms with E-state index in [9.17, 15) is 15.0 Å². The highest BCUT2D eigenvalue weighted by Crippen LogP contribution is 2.35. The predicted octanol–water partition coefficient (Wildman–Crippen LogP) is -1.21. The Morgan fingerprint density at radius 2 is 2.25 bits per heavy atom. The van der Waals surface area contributed by atoms with Gasteiger partial charge < -0.3 is 19.5 Å². The molecule has 2 aromatic rings. The maximum atomic E-state index is 12.2. The molecule has 106 valence electrons. The zero-order chi connectivity index (χ0) is 14.0. The lowest BCUT2D eigenvalue weighted by Gasteiger charge is -2.20. The molecule has 3 N–H and O–H groups in total. The van der Waals surface area contributed by atoms with Gasteiger partial charge in [0, 0.05) is 11.8 Å². The van der Waals surface area contributed by atoms with Crippen molar-refractivity contribution < 1.29 is 14.9 Å². The first-order valence-electron chi connectivity index (χ1n) is 5.97. The van der Waals surface area contributed by atoms with E-state index >= 15 is 0 Å². The first-order valence-corrected chi connectivity index (χ1v) is 6.35. The van der Waals surface area contributed by atoms with Crippen LogP contribution in [0.4, 0.5) is 5.82 Å². The number of rotatable bonds is 1. The molecule has 4 heterocycles. The van der Waals surface area contributed by atoms with Crippen molar-refractivity contribution in [1.82, 2.24) is 19.1 Å². The molecule has 2 aliphatic rings. The van der Waals surface area contributed by atoms with Crippen molar-refractivity contribution in [2.24, 2.45) is 0 Å². The first kappa shape index (κ1) is 12.1. The number of nitrogens with one attached hydrogen (secondary N) is 1. The average molecular weight is 300 g/mol.